The molecule has 3 aromatic rings. The van der Waals surface area contributed by atoms with Crippen molar-refractivity contribution in [1.82, 2.24) is 9.97 Å². The van der Waals surface area contributed by atoms with Gasteiger partial charge in [-0.3, -0.25) is 4.79 Å². The van der Waals surface area contributed by atoms with Crippen molar-refractivity contribution < 1.29 is 4.79 Å². The van der Waals surface area contributed by atoms with E-state index < -0.39 is 0 Å². The predicted octanol–water partition coefficient (Wildman–Crippen LogP) is 3.63. The van der Waals surface area contributed by atoms with Gasteiger partial charge in [0.05, 0.1) is 10.6 Å². The quantitative estimate of drug-likeness (QED) is 0.586. The zero-order valence-corrected chi connectivity index (χ0v) is 13.9. The molecule has 2 aromatic heterocycles. The van der Waals surface area contributed by atoms with Gasteiger partial charge < -0.3 is 5.73 Å². The van der Waals surface area contributed by atoms with E-state index in [0.29, 0.717) is 5.82 Å². The summed E-state index contributed by atoms with van der Waals surface area (Å²) in [5.74, 6) is 0.360. The van der Waals surface area contributed by atoms with Crippen LogP contribution in [0.25, 0.3) is 21.3 Å². The average molecular weight is 329 g/mol. The lowest BCUT2D eigenvalue weighted by atomic mass is 10.1. The fraction of sp³-hybridized carbons (Fsp3) is 0.188. The van der Waals surface area contributed by atoms with Gasteiger partial charge in [0.2, 0.25) is 5.91 Å². The Bertz CT molecular complexity index is 830. The van der Waals surface area contributed by atoms with E-state index in [0.717, 1.165) is 26.4 Å². The number of aryl methyl sites for hydroxylation is 1. The first kappa shape index (κ1) is 15.0. The van der Waals surface area contributed by atoms with E-state index in [2.05, 4.69) is 27.5 Å². The number of thiophene rings is 1. The Morgan fingerprint density at radius 2 is 2.00 bits per heavy atom. The summed E-state index contributed by atoms with van der Waals surface area (Å²) in [6.45, 7) is 3.66. The van der Waals surface area contributed by atoms with Crippen molar-refractivity contribution in [3.05, 3.63) is 41.5 Å². The molecule has 0 saturated carbocycles. The molecule has 3 rings (SSSR count). The minimum Gasteiger partial charge on any atom is -0.369 e. The van der Waals surface area contributed by atoms with Gasteiger partial charge >= 0.3 is 0 Å². The van der Waals surface area contributed by atoms with E-state index in [1.807, 2.05) is 25.1 Å². The average Bonchev–Trinajstić information content (AvgIpc) is 2.91. The first-order valence-corrected chi connectivity index (χ1v) is 8.59. The summed E-state index contributed by atoms with van der Waals surface area (Å²) in [6, 6.07) is 10.1. The molecule has 0 aliphatic heterocycles. The normalized spacial score (nSPS) is 12.5. The second-order valence-electron chi connectivity index (χ2n) is 4.93. The number of benzene rings is 1. The zero-order chi connectivity index (χ0) is 15.7. The van der Waals surface area contributed by atoms with E-state index in [1.54, 1.807) is 18.3 Å². The molecule has 1 amide bonds. The van der Waals surface area contributed by atoms with Gasteiger partial charge in [0.1, 0.15) is 15.7 Å². The van der Waals surface area contributed by atoms with Crippen LogP contribution in [0.15, 0.2) is 40.7 Å². The fourth-order valence-electron chi connectivity index (χ4n) is 2.15. The number of carbonyl (C=O) groups excluding carboxylic acids is 1. The summed E-state index contributed by atoms with van der Waals surface area (Å²) in [4.78, 5) is 21.4. The van der Waals surface area contributed by atoms with Crippen LogP contribution < -0.4 is 5.73 Å². The topological polar surface area (TPSA) is 68.9 Å². The van der Waals surface area contributed by atoms with Gasteiger partial charge in [-0.2, -0.15) is 0 Å². The Hall–Kier alpha value is -1.92. The third-order valence-corrected chi connectivity index (χ3v) is 5.26. The number of hydrogen-bond donors (Lipinski definition) is 1. The Morgan fingerprint density at radius 3 is 2.68 bits per heavy atom. The van der Waals surface area contributed by atoms with Crippen LogP contribution >= 0.6 is 23.1 Å². The lowest BCUT2D eigenvalue weighted by Gasteiger charge is -2.09. The molecule has 0 fully saturated rings. The standard InChI is InChI=1S/C16H15N3OS2/c1-9(14(17)20)22-16-13-12(11-6-4-3-5-7-11)8-21-15(13)18-10(2)19-16/h3-9H,1-2H3,(H2,17,20). The Kier molecular flexibility index (Phi) is 4.13. The maximum Gasteiger partial charge on any atom is 0.230 e. The number of aromatic nitrogens is 2. The molecule has 22 heavy (non-hydrogen) atoms. The maximum atomic E-state index is 11.4. The van der Waals surface area contributed by atoms with Crippen LogP contribution in [0.3, 0.4) is 0 Å². The van der Waals surface area contributed by atoms with Gasteiger partial charge in [-0.15, -0.1) is 11.3 Å². The highest BCUT2D eigenvalue weighted by Crippen LogP contribution is 2.39. The van der Waals surface area contributed by atoms with E-state index in [1.165, 1.54) is 11.8 Å². The Morgan fingerprint density at radius 1 is 1.27 bits per heavy atom. The van der Waals surface area contributed by atoms with Gasteiger partial charge in [-0.05, 0) is 19.4 Å². The number of primary amides is 1. The van der Waals surface area contributed by atoms with Crippen LogP contribution in [-0.2, 0) is 4.79 Å². The van der Waals surface area contributed by atoms with Crippen molar-refractivity contribution in [2.45, 2.75) is 24.1 Å². The molecule has 0 spiro atoms. The summed E-state index contributed by atoms with van der Waals surface area (Å²) >= 11 is 2.98. The summed E-state index contributed by atoms with van der Waals surface area (Å²) in [6.07, 6.45) is 0. The van der Waals surface area contributed by atoms with E-state index >= 15 is 0 Å². The highest BCUT2D eigenvalue weighted by atomic mass is 32.2. The molecule has 0 aliphatic rings. The lowest BCUT2D eigenvalue weighted by molar-refractivity contribution is -0.117. The predicted molar refractivity (Wildman–Crippen MR) is 92.1 cm³/mol. The first-order chi connectivity index (χ1) is 10.6. The number of nitrogens with zero attached hydrogens (tertiary/aromatic N) is 2. The highest BCUT2D eigenvalue weighted by Gasteiger charge is 2.18. The van der Waals surface area contributed by atoms with Crippen molar-refractivity contribution in [1.29, 1.82) is 0 Å². The van der Waals surface area contributed by atoms with Crippen molar-refractivity contribution in [2.75, 3.05) is 0 Å². The second kappa shape index (κ2) is 6.06. The van der Waals surface area contributed by atoms with Crippen LogP contribution in [0.4, 0.5) is 0 Å². The van der Waals surface area contributed by atoms with Crippen molar-refractivity contribution in [3.63, 3.8) is 0 Å². The molecule has 2 heterocycles. The zero-order valence-electron chi connectivity index (χ0n) is 12.2. The van der Waals surface area contributed by atoms with Gasteiger partial charge in [-0.25, -0.2) is 9.97 Å². The fourth-order valence-corrected chi connectivity index (χ4v) is 4.17. The SMILES string of the molecule is Cc1nc(SC(C)C(N)=O)c2c(-c3ccccc3)csc2n1. The van der Waals surface area contributed by atoms with Gasteiger partial charge in [0.25, 0.3) is 0 Å². The minimum atomic E-state index is -0.342. The van der Waals surface area contributed by atoms with Gasteiger partial charge in [0, 0.05) is 10.9 Å². The summed E-state index contributed by atoms with van der Waals surface area (Å²) in [5, 5.41) is 3.57. The maximum absolute atomic E-state index is 11.4. The Balaban J connectivity index is 2.18. The van der Waals surface area contributed by atoms with E-state index in [-0.39, 0.29) is 11.2 Å². The number of carbonyl (C=O) groups is 1. The van der Waals surface area contributed by atoms with Crippen molar-refractivity contribution in [3.8, 4) is 11.1 Å². The number of amides is 1. The van der Waals surface area contributed by atoms with Crippen LogP contribution in [0.1, 0.15) is 12.7 Å². The van der Waals surface area contributed by atoms with Crippen molar-refractivity contribution in [2.24, 2.45) is 5.73 Å². The molecule has 1 aromatic carbocycles. The van der Waals surface area contributed by atoms with E-state index in [4.69, 9.17) is 5.73 Å². The molecule has 1 unspecified atom stereocenters. The molecular formula is C16H15N3OS2. The van der Waals surface area contributed by atoms with E-state index in [9.17, 15) is 4.79 Å². The van der Waals surface area contributed by atoms with Gasteiger partial charge in [-0.1, -0.05) is 42.1 Å². The molecule has 0 radical (unpaired) electrons. The third kappa shape index (κ3) is 2.84. The monoisotopic (exact) mass is 329 g/mol. The highest BCUT2D eigenvalue weighted by molar-refractivity contribution is 8.00. The van der Waals surface area contributed by atoms with Crippen LogP contribution in [0.5, 0.6) is 0 Å². The second-order valence-corrected chi connectivity index (χ2v) is 7.12. The summed E-state index contributed by atoms with van der Waals surface area (Å²) in [5.41, 5.74) is 7.61. The van der Waals surface area contributed by atoms with Crippen molar-refractivity contribution >= 4 is 39.2 Å². The number of hydrogen-bond acceptors (Lipinski definition) is 5. The molecule has 1 atom stereocenters. The number of rotatable bonds is 4. The summed E-state index contributed by atoms with van der Waals surface area (Å²) in [7, 11) is 0. The lowest BCUT2D eigenvalue weighted by Crippen LogP contribution is -2.22. The molecule has 0 saturated heterocycles. The smallest absolute Gasteiger partial charge is 0.230 e. The molecule has 0 aliphatic carbocycles. The van der Waals surface area contributed by atoms with Gasteiger partial charge in [0.15, 0.2) is 0 Å². The van der Waals surface area contributed by atoms with Crippen LogP contribution in [0.2, 0.25) is 0 Å². The number of fused-ring (bicyclic) bond motifs is 1. The summed E-state index contributed by atoms with van der Waals surface area (Å²) < 4.78 is 0. The first-order valence-electron chi connectivity index (χ1n) is 6.83. The number of thioether (sulfide) groups is 1. The molecule has 112 valence electrons. The minimum absolute atomic E-state index is 0.332. The number of nitrogens with two attached hydrogens (primary N) is 1. The van der Waals surface area contributed by atoms with Crippen LogP contribution in [0, 0.1) is 6.92 Å². The third-order valence-electron chi connectivity index (χ3n) is 3.29. The molecule has 4 nitrogen and oxygen atoms in total. The largest absolute Gasteiger partial charge is 0.369 e. The molecule has 0 bridgehead atoms. The van der Waals surface area contributed by atoms with Crippen LogP contribution in [-0.4, -0.2) is 21.1 Å². The molecular weight excluding hydrogens is 314 g/mol. The Labute approximate surface area is 136 Å². The molecule has 2 N–H and O–H groups in total. The molecule has 6 heteroatoms.